The molecule has 0 fully saturated rings. The lowest BCUT2D eigenvalue weighted by atomic mass is 9.97. The molecule has 3 nitrogen and oxygen atoms in total. The molecule has 0 atom stereocenters. The molecule has 0 amide bonds. The minimum Gasteiger partial charge on any atom is -0.454 e. The van der Waals surface area contributed by atoms with Crippen LogP contribution in [-0.4, -0.2) is 0 Å². The fourth-order valence-electron chi connectivity index (χ4n) is 8.87. The van der Waals surface area contributed by atoms with Gasteiger partial charge in [-0.1, -0.05) is 164 Å². The van der Waals surface area contributed by atoms with Crippen LogP contribution < -0.4 is 4.90 Å². The van der Waals surface area contributed by atoms with Gasteiger partial charge in [0.25, 0.3) is 0 Å². The van der Waals surface area contributed by atoms with E-state index in [1.807, 2.05) is 29.5 Å². The first-order valence-corrected chi connectivity index (χ1v) is 20.4. The number of benzene rings is 9. The third-order valence-corrected chi connectivity index (χ3v) is 12.7. The molecule has 0 aliphatic rings. The highest BCUT2D eigenvalue weighted by molar-refractivity contribution is 7.26. The predicted octanol–water partition coefficient (Wildman–Crippen LogP) is 16.3. The van der Waals surface area contributed by atoms with Crippen LogP contribution in [0.1, 0.15) is 0 Å². The molecule has 0 aliphatic heterocycles. The number of hydrogen-bond donors (Lipinski definition) is 0. The summed E-state index contributed by atoms with van der Waals surface area (Å²) in [6, 6.07) is 71.1. The van der Waals surface area contributed by atoms with Crippen LogP contribution in [0.15, 0.2) is 209 Å². The summed E-state index contributed by atoms with van der Waals surface area (Å²) < 4.78 is 16.3. The van der Waals surface area contributed by atoms with Crippen LogP contribution in [0.5, 0.6) is 0 Å². The summed E-state index contributed by atoms with van der Waals surface area (Å²) in [7, 11) is 0. The molecule has 12 rings (SSSR count). The Kier molecular flexibility index (Phi) is 7.40. The Morgan fingerprint density at radius 2 is 0.862 bits per heavy atom. The van der Waals surface area contributed by atoms with Crippen LogP contribution in [0.2, 0.25) is 0 Å². The zero-order chi connectivity index (χ0) is 38.2. The summed E-state index contributed by atoms with van der Waals surface area (Å²) in [5.41, 5.74) is 13.4. The van der Waals surface area contributed by atoms with Gasteiger partial charge in [-0.2, -0.15) is 0 Å². The van der Waals surface area contributed by atoms with Gasteiger partial charge in [0.2, 0.25) is 0 Å². The quantitative estimate of drug-likeness (QED) is 0.169. The molecule has 272 valence electrons. The number of para-hydroxylation sites is 4. The summed E-state index contributed by atoms with van der Waals surface area (Å²) in [6.45, 7) is 0. The SMILES string of the molecule is c1ccc(-c2cccc3c2oc2c(N(c4ccc(-c5cccc6sc7c(-c8ccccc8)cccc7c56)cc4)c4cccc5c4oc4ccccc45)cccc23)cc1. The molecule has 0 spiro atoms. The number of thiophene rings is 1. The van der Waals surface area contributed by atoms with Gasteiger partial charge in [0.15, 0.2) is 11.2 Å². The number of nitrogens with zero attached hydrogens (tertiary/aromatic N) is 1. The number of hydrogen-bond acceptors (Lipinski definition) is 4. The average molecular weight is 760 g/mol. The second-order valence-electron chi connectivity index (χ2n) is 14.8. The largest absolute Gasteiger partial charge is 0.454 e. The van der Waals surface area contributed by atoms with Crippen molar-refractivity contribution in [2.24, 2.45) is 0 Å². The zero-order valence-corrected chi connectivity index (χ0v) is 32.0. The van der Waals surface area contributed by atoms with Gasteiger partial charge in [0.05, 0.1) is 11.4 Å². The van der Waals surface area contributed by atoms with Crippen LogP contribution in [0.4, 0.5) is 17.1 Å². The highest BCUT2D eigenvalue weighted by atomic mass is 32.1. The van der Waals surface area contributed by atoms with E-state index in [0.29, 0.717) is 0 Å². The molecule has 12 aromatic rings. The summed E-state index contributed by atoms with van der Waals surface area (Å²) in [5, 5.41) is 6.89. The van der Waals surface area contributed by atoms with Crippen LogP contribution in [-0.2, 0) is 0 Å². The minimum absolute atomic E-state index is 0.821. The van der Waals surface area contributed by atoms with E-state index in [0.717, 1.165) is 77.6 Å². The van der Waals surface area contributed by atoms with Crippen LogP contribution in [0.3, 0.4) is 0 Å². The van der Waals surface area contributed by atoms with E-state index < -0.39 is 0 Å². The monoisotopic (exact) mass is 759 g/mol. The highest BCUT2D eigenvalue weighted by Crippen LogP contribution is 2.48. The molecule has 0 radical (unpaired) electrons. The average Bonchev–Trinajstić information content (AvgIpc) is 4.00. The Labute approximate surface area is 338 Å². The number of rotatable bonds is 6. The third-order valence-electron chi connectivity index (χ3n) is 11.5. The number of fused-ring (bicyclic) bond motifs is 9. The van der Waals surface area contributed by atoms with Gasteiger partial charge in [0, 0.05) is 53.0 Å². The molecule has 0 bridgehead atoms. The summed E-state index contributed by atoms with van der Waals surface area (Å²) in [5.74, 6) is 0. The first-order valence-electron chi connectivity index (χ1n) is 19.6. The summed E-state index contributed by atoms with van der Waals surface area (Å²) >= 11 is 1.87. The lowest BCUT2D eigenvalue weighted by Crippen LogP contribution is -2.10. The molecule has 0 aliphatic carbocycles. The van der Waals surface area contributed by atoms with E-state index in [-0.39, 0.29) is 0 Å². The molecule has 0 N–H and O–H groups in total. The lowest BCUT2D eigenvalue weighted by Gasteiger charge is -2.26. The lowest BCUT2D eigenvalue weighted by molar-refractivity contribution is 0.666. The Bertz CT molecular complexity index is 3500. The minimum atomic E-state index is 0.821. The second-order valence-corrected chi connectivity index (χ2v) is 15.8. The van der Waals surface area contributed by atoms with E-state index >= 15 is 0 Å². The molecular formula is C54H33NO2S. The van der Waals surface area contributed by atoms with Crippen LogP contribution in [0.25, 0.3) is 97.4 Å². The maximum Gasteiger partial charge on any atom is 0.159 e. The Morgan fingerprint density at radius 1 is 0.345 bits per heavy atom. The van der Waals surface area contributed by atoms with Crippen molar-refractivity contribution in [1.29, 1.82) is 0 Å². The molecule has 0 saturated heterocycles. The van der Waals surface area contributed by atoms with Gasteiger partial charge in [-0.15, -0.1) is 11.3 Å². The van der Waals surface area contributed by atoms with Crippen molar-refractivity contribution in [2.75, 3.05) is 4.90 Å². The summed E-state index contributed by atoms with van der Waals surface area (Å²) in [4.78, 5) is 2.30. The fraction of sp³-hybridized carbons (Fsp3) is 0. The van der Waals surface area contributed by atoms with Gasteiger partial charge in [-0.25, -0.2) is 0 Å². The van der Waals surface area contributed by atoms with Crippen molar-refractivity contribution in [2.45, 2.75) is 0 Å². The molecule has 0 saturated carbocycles. The van der Waals surface area contributed by atoms with Crippen molar-refractivity contribution in [1.82, 2.24) is 0 Å². The highest BCUT2D eigenvalue weighted by Gasteiger charge is 2.24. The molecule has 58 heavy (non-hydrogen) atoms. The first-order chi connectivity index (χ1) is 28.8. The van der Waals surface area contributed by atoms with Crippen molar-refractivity contribution >= 4 is 92.4 Å². The Hall–Kier alpha value is -7.40. The Morgan fingerprint density at radius 3 is 1.60 bits per heavy atom. The van der Waals surface area contributed by atoms with Crippen molar-refractivity contribution in [3.05, 3.63) is 200 Å². The van der Waals surface area contributed by atoms with E-state index in [9.17, 15) is 0 Å². The topological polar surface area (TPSA) is 29.5 Å². The van der Waals surface area contributed by atoms with Crippen LogP contribution in [0, 0.1) is 0 Å². The zero-order valence-electron chi connectivity index (χ0n) is 31.2. The van der Waals surface area contributed by atoms with E-state index in [2.05, 4.69) is 187 Å². The number of anilines is 3. The molecule has 4 heteroatoms. The third kappa shape index (κ3) is 5.05. The maximum absolute atomic E-state index is 7.01. The second kappa shape index (κ2) is 13.1. The standard InChI is InChI=1S/C54H33NO2S/c1-3-14-34(15-4-1)39-20-9-22-43-44-24-12-27-47(53(44)57-51(39)43)55(46-26-11-23-42-41-18-7-8-28-48(41)56-52(42)46)37-32-30-36(31-33-37)38-19-13-29-49-50(38)45-25-10-21-40(54(45)58-49)35-16-5-2-6-17-35/h1-33H. The molecule has 0 unspecified atom stereocenters. The fourth-order valence-corrected chi connectivity index (χ4v) is 10.1. The van der Waals surface area contributed by atoms with Gasteiger partial charge >= 0.3 is 0 Å². The first kappa shape index (κ1) is 32.8. The van der Waals surface area contributed by atoms with Crippen molar-refractivity contribution in [3.63, 3.8) is 0 Å². The maximum atomic E-state index is 7.01. The van der Waals surface area contributed by atoms with Gasteiger partial charge in [0.1, 0.15) is 11.2 Å². The molecule has 3 heterocycles. The van der Waals surface area contributed by atoms with Gasteiger partial charge in [-0.05, 0) is 64.2 Å². The predicted molar refractivity (Wildman–Crippen MR) is 245 cm³/mol. The normalized spacial score (nSPS) is 11.8. The van der Waals surface area contributed by atoms with Crippen molar-refractivity contribution in [3.8, 4) is 33.4 Å². The van der Waals surface area contributed by atoms with Crippen molar-refractivity contribution < 1.29 is 8.83 Å². The molecule has 3 aromatic heterocycles. The van der Waals surface area contributed by atoms with Gasteiger partial charge in [-0.3, -0.25) is 0 Å². The summed E-state index contributed by atoms with van der Waals surface area (Å²) in [6.07, 6.45) is 0. The molecule has 9 aromatic carbocycles. The van der Waals surface area contributed by atoms with E-state index in [1.165, 1.54) is 36.9 Å². The Balaban J connectivity index is 1.06. The van der Waals surface area contributed by atoms with E-state index in [4.69, 9.17) is 8.83 Å². The molecular weight excluding hydrogens is 727 g/mol. The number of furan rings is 2. The smallest absolute Gasteiger partial charge is 0.159 e. The van der Waals surface area contributed by atoms with Crippen LogP contribution >= 0.6 is 11.3 Å². The van der Waals surface area contributed by atoms with Gasteiger partial charge < -0.3 is 13.7 Å². The van der Waals surface area contributed by atoms with E-state index in [1.54, 1.807) is 0 Å².